The lowest BCUT2D eigenvalue weighted by Gasteiger charge is -2.33. The number of carbonyl (C=O) groups excluding carboxylic acids is 2. The number of imidazole rings is 1. The van der Waals surface area contributed by atoms with E-state index in [-0.39, 0.29) is 12.5 Å². The van der Waals surface area contributed by atoms with E-state index in [4.69, 9.17) is 44.3 Å². The smallest absolute Gasteiger partial charge is 0.414 e. The number of aromatic nitrogens is 2. The molecule has 1 amide bonds. The maximum Gasteiger partial charge on any atom is 0.414 e. The summed E-state index contributed by atoms with van der Waals surface area (Å²) in [5.41, 5.74) is 2.04. The van der Waals surface area contributed by atoms with Crippen LogP contribution in [0.2, 0.25) is 0 Å². The number of para-hydroxylation sites is 2. The molecule has 1 aromatic carbocycles. The maximum absolute atomic E-state index is 11.9. The van der Waals surface area contributed by atoms with E-state index in [2.05, 4.69) is 25.1 Å². The molecule has 16 heteroatoms. The van der Waals surface area contributed by atoms with E-state index < -0.39 is 29.8 Å². The number of aliphatic carboxylic acids is 4. The fourth-order valence-corrected chi connectivity index (χ4v) is 3.04. The van der Waals surface area contributed by atoms with Crippen molar-refractivity contribution in [3.63, 3.8) is 0 Å². The Morgan fingerprint density at radius 3 is 1.92 bits per heavy atom. The highest BCUT2D eigenvalue weighted by Gasteiger charge is 2.20. The fourth-order valence-electron chi connectivity index (χ4n) is 3.04. The SMILES string of the molecule is CCOC(=O)CNC(=O)CN1CCN(Cc2nc3ccccc3[nH]2)CC1.O=C(O)C(=O)O.O=C(O)C(=O)O. The predicted molar refractivity (Wildman–Crippen MR) is 128 cm³/mol. The van der Waals surface area contributed by atoms with Crippen molar-refractivity contribution in [2.45, 2.75) is 13.5 Å². The second-order valence-corrected chi connectivity index (χ2v) is 7.56. The van der Waals surface area contributed by atoms with Gasteiger partial charge < -0.3 is 35.5 Å². The predicted octanol–water partition coefficient (Wildman–Crippen LogP) is -1.33. The molecule has 1 aliphatic heterocycles. The van der Waals surface area contributed by atoms with Gasteiger partial charge in [0.15, 0.2) is 0 Å². The average molecular weight is 539 g/mol. The second-order valence-electron chi connectivity index (χ2n) is 7.56. The number of hydrogen-bond donors (Lipinski definition) is 6. The Morgan fingerprint density at radius 1 is 0.895 bits per heavy atom. The number of carbonyl (C=O) groups is 6. The summed E-state index contributed by atoms with van der Waals surface area (Å²) in [6, 6.07) is 8.01. The molecule has 6 N–H and O–H groups in total. The molecule has 2 heterocycles. The monoisotopic (exact) mass is 539 g/mol. The third kappa shape index (κ3) is 12.4. The fraction of sp³-hybridized carbons (Fsp3) is 0.409. The highest BCUT2D eigenvalue weighted by atomic mass is 16.5. The summed E-state index contributed by atoms with van der Waals surface area (Å²) in [6.45, 7) is 6.45. The van der Waals surface area contributed by atoms with Crippen molar-refractivity contribution in [1.82, 2.24) is 25.1 Å². The molecule has 0 saturated carbocycles. The van der Waals surface area contributed by atoms with Gasteiger partial charge in [0.1, 0.15) is 12.4 Å². The zero-order chi connectivity index (χ0) is 28.7. The molecule has 0 bridgehead atoms. The number of nitrogens with zero attached hydrogens (tertiary/aromatic N) is 3. The molecule has 1 aliphatic rings. The maximum atomic E-state index is 11.9. The van der Waals surface area contributed by atoms with Gasteiger partial charge in [0.2, 0.25) is 5.91 Å². The number of piperazine rings is 1. The van der Waals surface area contributed by atoms with Crippen LogP contribution in [0.3, 0.4) is 0 Å². The number of hydrogen-bond acceptors (Lipinski definition) is 10. The van der Waals surface area contributed by atoms with Gasteiger partial charge in [-0.3, -0.25) is 19.4 Å². The molecule has 0 unspecified atom stereocenters. The minimum absolute atomic E-state index is 0.0707. The topological polar surface area (TPSA) is 240 Å². The average Bonchev–Trinajstić information content (AvgIpc) is 3.27. The Balaban J connectivity index is 0.000000503. The summed E-state index contributed by atoms with van der Waals surface area (Å²) in [7, 11) is 0. The van der Waals surface area contributed by atoms with Crippen molar-refractivity contribution < 1.29 is 53.9 Å². The first-order valence-electron chi connectivity index (χ1n) is 11.2. The molecule has 0 radical (unpaired) electrons. The van der Waals surface area contributed by atoms with Gasteiger partial charge in [-0.15, -0.1) is 0 Å². The molecule has 208 valence electrons. The molecule has 1 aromatic heterocycles. The number of fused-ring (bicyclic) bond motifs is 1. The van der Waals surface area contributed by atoms with Gasteiger partial charge in [0, 0.05) is 26.2 Å². The van der Waals surface area contributed by atoms with Crippen molar-refractivity contribution in [2.75, 3.05) is 45.9 Å². The van der Waals surface area contributed by atoms with Crippen LogP contribution in [-0.4, -0.2) is 122 Å². The van der Waals surface area contributed by atoms with E-state index in [1.807, 2.05) is 24.3 Å². The Labute approximate surface area is 215 Å². The van der Waals surface area contributed by atoms with Crippen LogP contribution in [0.5, 0.6) is 0 Å². The first kappa shape index (κ1) is 31.5. The number of nitrogens with one attached hydrogen (secondary N) is 2. The summed E-state index contributed by atoms with van der Waals surface area (Å²) in [4.78, 5) is 71.9. The van der Waals surface area contributed by atoms with E-state index in [1.165, 1.54) is 0 Å². The van der Waals surface area contributed by atoms with E-state index >= 15 is 0 Å². The van der Waals surface area contributed by atoms with Gasteiger partial charge in [0.05, 0.1) is 30.7 Å². The van der Waals surface area contributed by atoms with E-state index in [0.717, 1.165) is 49.6 Å². The van der Waals surface area contributed by atoms with Crippen molar-refractivity contribution in [3.05, 3.63) is 30.1 Å². The van der Waals surface area contributed by atoms with Crippen LogP contribution >= 0.6 is 0 Å². The number of esters is 1. The molecule has 1 fully saturated rings. The lowest BCUT2D eigenvalue weighted by molar-refractivity contribution is -0.159. The number of amides is 1. The molecule has 1 saturated heterocycles. The number of rotatable bonds is 7. The Kier molecular flexibility index (Phi) is 13.4. The van der Waals surface area contributed by atoms with Gasteiger partial charge in [-0.2, -0.15) is 0 Å². The second kappa shape index (κ2) is 16.2. The zero-order valence-corrected chi connectivity index (χ0v) is 20.5. The van der Waals surface area contributed by atoms with Crippen molar-refractivity contribution in [2.24, 2.45) is 0 Å². The first-order chi connectivity index (χ1) is 17.9. The van der Waals surface area contributed by atoms with Crippen LogP contribution in [0.15, 0.2) is 24.3 Å². The van der Waals surface area contributed by atoms with Crippen LogP contribution in [0.1, 0.15) is 12.7 Å². The summed E-state index contributed by atoms with van der Waals surface area (Å²) < 4.78 is 4.79. The number of carboxylic acid groups (broad SMARTS) is 4. The minimum Gasteiger partial charge on any atom is -0.473 e. The Morgan fingerprint density at radius 2 is 1.42 bits per heavy atom. The van der Waals surface area contributed by atoms with E-state index in [0.29, 0.717) is 13.2 Å². The van der Waals surface area contributed by atoms with Crippen LogP contribution in [0, 0.1) is 0 Å². The molecular formula is C22H29N5O11. The Bertz CT molecular complexity index is 1040. The number of carboxylic acids is 4. The molecule has 38 heavy (non-hydrogen) atoms. The summed E-state index contributed by atoms with van der Waals surface area (Å²) >= 11 is 0. The van der Waals surface area contributed by atoms with Gasteiger partial charge in [-0.1, -0.05) is 12.1 Å². The first-order valence-corrected chi connectivity index (χ1v) is 11.2. The van der Waals surface area contributed by atoms with Gasteiger partial charge in [0.25, 0.3) is 0 Å². The summed E-state index contributed by atoms with van der Waals surface area (Å²) in [6.07, 6.45) is 0. The van der Waals surface area contributed by atoms with Crippen molar-refractivity contribution >= 4 is 46.8 Å². The highest BCUT2D eigenvalue weighted by Crippen LogP contribution is 2.12. The largest absolute Gasteiger partial charge is 0.473 e. The molecule has 0 spiro atoms. The number of ether oxygens (including phenoxy) is 1. The third-order valence-corrected chi connectivity index (χ3v) is 4.75. The van der Waals surface area contributed by atoms with Gasteiger partial charge in [-0.25, -0.2) is 24.2 Å². The van der Waals surface area contributed by atoms with Gasteiger partial charge in [-0.05, 0) is 19.1 Å². The third-order valence-electron chi connectivity index (χ3n) is 4.75. The quantitative estimate of drug-likeness (QED) is 0.176. The van der Waals surface area contributed by atoms with Crippen LogP contribution in [0.4, 0.5) is 0 Å². The van der Waals surface area contributed by atoms with Crippen molar-refractivity contribution in [3.8, 4) is 0 Å². The van der Waals surface area contributed by atoms with Crippen LogP contribution in [0.25, 0.3) is 11.0 Å². The normalized spacial score (nSPS) is 13.2. The molecule has 16 nitrogen and oxygen atoms in total. The minimum atomic E-state index is -1.82. The molecular weight excluding hydrogens is 510 g/mol. The molecule has 0 aliphatic carbocycles. The molecule has 0 atom stereocenters. The molecule has 3 rings (SSSR count). The highest BCUT2D eigenvalue weighted by molar-refractivity contribution is 6.27. The van der Waals surface area contributed by atoms with E-state index in [1.54, 1.807) is 6.92 Å². The lowest BCUT2D eigenvalue weighted by atomic mass is 10.3. The van der Waals surface area contributed by atoms with E-state index in [9.17, 15) is 9.59 Å². The summed E-state index contributed by atoms with van der Waals surface area (Å²) in [5.74, 6) is -6.89. The zero-order valence-electron chi connectivity index (χ0n) is 20.5. The number of aromatic amines is 1. The number of benzene rings is 1. The van der Waals surface area contributed by atoms with Crippen LogP contribution < -0.4 is 5.32 Å². The van der Waals surface area contributed by atoms with Gasteiger partial charge >= 0.3 is 29.8 Å². The van der Waals surface area contributed by atoms with Crippen LogP contribution in [-0.2, 0) is 40.0 Å². The Hall–Kier alpha value is -4.57. The standard InChI is InChI=1S/C18H25N5O3.2C2H2O4/c1-2-26-18(25)11-19-17(24)13-23-9-7-22(8-10-23)12-16-20-14-5-3-4-6-15(14)21-16;2*3-1(4)2(5)6/h3-6H,2,7-13H2,1H3,(H,19,24)(H,20,21);2*(H,3,4)(H,5,6). The summed E-state index contributed by atoms with van der Waals surface area (Å²) in [5, 5.41) is 32.2. The lowest BCUT2D eigenvalue weighted by Crippen LogP contribution is -2.49. The number of H-pyrrole nitrogens is 1. The molecule has 2 aromatic rings. The van der Waals surface area contributed by atoms with Crippen molar-refractivity contribution in [1.29, 1.82) is 0 Å².